The second kappa shape index (κ2) is 12.3. The van der Waals surface area contributed by atoms with Gasteiger partial charge in [0.2, 0.25) is 5.75 Å². The fourth-order valence-corrected chi connectivity index (χ4v) is 4.64. The number of halogens is 5. The van der Waals surface area contributed by atoms with Crippen LogP contribution in [0.15, 0.2) is 58.6 Å². The van der Waals surface area contributed by atoms with Gasteiger partial charge in [0.25, 0.3) is 17.5 Å². The van der Waals surface area contributed by atoms with Gasteiger partial charge < -0.3 is 9.47 Å². The number of rotatable bonds is 8. The number of non-ortho nitro benzene ring substituents is 1. The van der Waals surface area contributed by atoms with Crippen molar-refractivity contribution >= 4 is 68.5 Å². The van der Waals surface area contributed by atoms with Crippen LogP contribution in [0, 0.1) is 20.2 Å². The molecule has 1 saturated heterocycles. The summed E-state index contributed by atoms with van der Waals surface area (Å²) < 4.78 is 51.3. The van der Waals surface area contributed by atoms with E-state index in [1.54, 1.807) is 6.92 Å². The molecule has 3 aromatic carbocycles. The minimum Gasteiger partial charge on any atom is -0.490 e. The van der Waals surface area contributed by atoms with Gasteiger partial charge in [-0.3, -0.25) is 35.1 Å². The van der Waals surface area contributed by atoms with Gasteiger partial charge in [-0.15, -0.1) is 0 Å². The van der Waals surface area contributed by atoms with Crippen LogP contribution in [0.5, 0.6) is 17.2 Å². The van der Waals surface area contributed by atoms with Crippen molar-refractivity contribution in [2.45, 2.75) is 13.1 Å². The number of carbonyl (C=O) groups is 3. The molecule has 1 aliphatic rings. The second-order valence-corrected chi connectivity index (χ2v) is 9.91. The van der Waals surface area contributed by atoms with Gasteiger partial charge in [0.05, 0.1) is 43.3 Å². The average Bonchev–Trinajstić information content (AvgIpc) is 2.93. The Morgan fingerprint density at radius 3 is 2.34 bits per heavy atom. The molecular formula is C26H15BrClF3N4O9. The Morgan fingerprint density at radius 1 is 1.02 bits per heavy atom. The third-order valence-corrected chi connectivity index (χ3v) is 6.73. The monoisotopic (exact) mass is 698 g/mol. The normalized spacial score (nSPS) is 14.5. The molecule has 1 fully saturated rings. The number of urea groups is 1. The quantitative estimate of drug-likeness (QED) is 0.115. The van der Waals surface area contributed by atoms with Crippen LogP contribution in [-0.4, -0.2) is 34.3 Å². The average molecular weight is 700 g/mol. The Kier molecular flexibility index (Phi) is 8.91. The van der Waals surface area contributed by atoms with Gasteiger partial charge in [-0.2, -0.15) is 13.2 Å². The maximum absolute atomic E-state index is 13.3. The van der Waals surface area contributed by atoms with Crippen molar-refractivity contribution in [2.75, 3.05) is 11.5 Å². The molecule has 1 aliphatic heterocycles. The van der Waals surface area contributed by atoms with E-state index in [-0.39, 0.29) is 43.8 Å². The predicted octanol–water partition coefficient (Wildman–Crippen LogP) is 6.80. The first kappa shape index (κ1) is 31.9. The van der Waals surface area contributed by atoms with Gasteiger partial charge in [-0.25, -0.2) is 9.69 Å². The summed E-state index contributed by atoms with van der Waals surface area (Å²) in [4.78, 5) is 59.7. The molecule has 3 aromatic rings. The van der Waals surface area contributed by atoms with E-state index in [1.165, 1.54) is 12.1 Å². The SMILES string of the molecule is CCOc1cc(/C=C2\C(=O)NC(=O)N(c3cc(C(F)(F)F)ccc3Cl)C2=O)cc(Br)c1Oc1ccc([N+](=O)[O-])cc1[N+](=O)[O-]. The molecule has 228 valence electrons. The summed E-state index contributed by atoms with van der Waals surface area (Å²) in [6.07, 6.45) is -3.81. The molecular weight excluding hydrogens is 685 g/mol. The van der Waals surface area contributed by atoms with Crippen LogP contribution in [0.3, 0.4) is 0 Å². The van der Waals surface area contributed by atoms with Crippen molar-refractivity contribution in [2.24, 2.45) is 0 Å². The molecule has 0 unspecified atom stereocenters. The number of imide groups is 2. The number of carbonyl (C=O) groups excluding carboxylic acids is 3. The molecule has 1 N–H and O–H groups in total. The summed E-state index contributed by atoms with van der Waals surface area (Å²) in [5.74, 6) is -2.98. The molecule has 0 spiro atoms. The van der Waals surface area contributed by atoms with Crippen LogP contribution in [-0.2, 0) is 15.8 Å². The summed E-state index contributed by atoms with van der Waals surface area (Å²) in [7, 11) is 0. The molecule has 13 nitrogen and oxygen atoms in total. The Morgan fingerprint density at radius 2 is 1.73 bits per heavy atom. The Balaban J connectivity index is 1.76. The summed E-state index contributed by atoms with van der Waals surface area (Å²) in [5, 5.41) is 24.1. The van der Waals surface area contributed by atoms with Gasteiger partial charge in [-0.05, 0) is 70.9 Å². The molecule has 1 heterocycles. The van der Waals surface area contributed by atoms with Crippen molar-refractivity contribution < 1.29 is 46.9 Å². The molecule has 0 saturated carbocycles. The molecule has 4 rings (SSSR count). The highest BCUT2D eigenvalue weighted by atomic mass is 79.9. The van der Waals surface area contributed by atoms with Gasteiger partial charge in [0.15, 0.2) is 11.5 Å². The topological polar surface area (TPSA) is 171 Å². The number of benzene rings is 3. The highest BCUT2D eigenvalue weighted by Crippen LogP contribution is 2.44. The standard InChI is InChI=1S/C26H15BrClF3N4O9/c1-2-43-21-9-12(8-16(27)22(21)44-20-6-4-14(34(39)40)11-19(20)35(41)42)7-15-23(36)32-25(38)33(24(15)37)18-10-13(26(29,30)31)3-5-17(18)28/h3-11H,2H2,1H3,(H,32,36,38)/b15-7+. The van der Waals surface area contributed by atoms with Gasteiger partial charge >= 0.3 is 17.9 Å². The van der Waals surface area contributed by atoms with E-state index in [4.69, 9.17) is 21.1 Å². The summed E-state index contributed by atoms with van der Waals surface area (Å²) in [6.45, 7) is 1.64. The summed E-state index contributed by atoms with van der Waals surface area (Å²) in [6, 6.07) is 5.95. The molecule has 0 aromatic heterocycles. The number of nitrogens with one attached hydrogen (secondary N) is 1. The lowest BCUT2D eigenvalue weighted by molar-refractivity contribution is -0.394. The second-order valence-electron chi connectivity index (χ2n) is 8.65. The molecule has 0 aliphatic carbocycles. The van der Waals surface area contributed by atoms with E-state index in [9.17, 15) is 47.8 Å². The minimum atomic E-state index is -4.83. The van der Waals surface area contributed by atoms with Crippen LogP contribution < -0.4 is 19.7 Å². The number of amides is 4. The lowest BCUT2D eigenvalue weighted by Gasteiger charge is -2.27. The molecule has 4 amide bonds. The van der Waals surface area contributed by atoms with Crippen molar-refractivity contribution in [3.05, 3.63) is 95.0 Å². The zero-order valence-electron chi connectivity index (χ0n) is 21.8. The number of nitro benzene ring substituents is 2. The summed E-state index contributed by atoms with van der Waals surface area (Å²) >= 11 is 9.24. The first-order chi connectivity index (χ1) is 20.6. The van der Waals surface area contributed by atoms with Gasteiger partial charge in [-0.1, -0.05) is 11.6 Å². The van der Waals surface area contributed by atoms with Crippen LogP contribution in [0.4, 0.5) is 35.0 Å². The van der Waals surface area contributed by atoms with E-state index < -0.39 is 62.1 Å². The Labute approximate surface area is 257 Å². The number of hydrogen-bond acceptors (Lipinski definition) is 9. The Hall–Kier alpha value is -5.03. The number of alkyl halides is 3. The van der Waals surface area contributed by atoms with Crippen molar-refractivity contribution in [1.82, 2.24) is 5.32 Å². The fraction of sp³-hybridized carbons (Fsp3) is 0.115. The van der Waals surface area contributed by atoms with E-state index in [2.05, 4.69) is 15.9 Å². The largest absolute Gasteiger partial charge is 0.490 e. The van der Waals surface area contributed by atoms with E-state index in [0.717, 1.165) is 24.3 Å². The number of hydrogen-bond donors (Lipinski definition) is 1. The zero-order valence-corrected chi connectivity index (χ0v) is 24.2. The van der Waals surface area contributed by atoms with E-state index >= 15 is 0 Å². The van der Waals surface area contributed by atoms with Crippen LogP contribution in [0.2, 0.25) is 5.02 Å². The van der Waals surface area contributed by atoms with Crippen LogP contribution >= 0.6 is 27.5 Å². The smallest absolute Gasteiger partial charge is 0.416 e. The first-order valence-electron chi connectivity index (χ1n) is 12.0. The number of anilines is 1. The highest BCUT2D eigenvalue weighted by Gasteiger charge is 2.39. The molecule has 44 heavy (non-hydrogen) atoms. The number of barbiturate groups is 1. The lowest BCUT2D eigenvalue weighted by atomic mass is 10.1. The van der Waals surface area contributed by atoms with Crippen molar-refractivity contribution in [3.8, 4) is 17.2 Å². The van der Waals surface area contributed by atoms with Crippen molar-refractivity contribution in [3.63, 3.8) is 0 Å². The van der Waals surface area contributed by atoms with Crippen LogP contribution in [0.1, 0.15) is 18.1 Å². The highest BCUT2D eigenvalue weighted by molar-refractivity contribution is 9.10. The third kappa shape index (κ3) is 6.47. The number of nitro groups is 2. The van der Waals surface area contributed by atoms with Crippen LogP contribution in [0.25, 0.3) is 6.08 Å². The number of ether oxygens (including phenoxy) is 2. The maximum Gasteiger partial charge on any atom is 0.416 e. The summed E-state index contributed by atoms with van der Waals surface area (Å²) in [5.41, 5.74) is -3.66. The molecule has 0 bridgehead atoms. The first-order valence-corrected chi connectivity index (χ1v) is 13.1. The third-order valence-electron chi connectivity index (χ3n) is 5.82. The molecule has 0 radical (unpaired) electrons. The van der Waals surface area contributed by atoms with E-state index in [1.807, 2.05) is 5.32 Å². The van der Waals surface area contributed by atoms with Gasteiger partial charge in [0.1, 0.15) is 5.57 Å². The van der Waals surface area contributed by atoms with E-state index in [0.29, 0.717) is 18.2 Å². The Bertz CT molecular complexity index is 1780. The van der Waals surface area contributed by atoms with Crippen molar-refractivity contribution in [1.29, 1.82) is 0 Å². The predicted molar refractivity (Wildman–Crippen MR) is 151 cm³/mol. The zero-order chi connectivity index (χ0) is 32.5. The number of nitrogens with zero attached hydrogens (tertiary/aromatic N) is 3. The lowest BCUT2D eigenvalue weighted by Crippen LogP contribution is -2.54. The molecule has 18 heteroatoms. The van der Waals surface area contributed by atoms with Gasteiger partial charge in [0, 0.05) is 6.07 Å². The molecule has 0 atom stereocenters. The minimum absolute atomic E-state index is 0.0426. The maximum atomic E-state index is 13.3. The fourth-order valence-electron chi connectivity index (χ4n) is 3.89.